The van der Waals surface area contributed by atoms with Crippen molar-refractivity contribution in [2.24, 2.45) is 0 Å². The lowest BCUT2D eigenvalue weighted by molar-refractivity contribution is -0.117. The highest BCUT2D eigenvalue weighted by Crippen LogP contribution is 2.25. The second-order valence-electron chi connectivity index (χ2n) is 4.87. The molecule has 1 atom stereocenters. The molecule has 1 unspecified atom stereocenters. The van der Waals surface area contributed by atoms with Crippen molar-refractivity contribution in [3.05, 3.63) is 76.5 Å². The van der Waals surface area contributed by atoms with Gasteiger partial charge in [-0.25, -0.2) is 13.2 Å². The molecule has 1 amide bonds. The molecular formula is C17H13BrF3NO. The first kappa shape index (κ1) is 17.3. The van der Waals surface area contributed by atoms with Gasteiger partial charge in [-0.3, -0.25) is 4.79 Å². The second kappa shape index (κ2) is 7.46. The Labute approximate surface area is 140 Å². The van der Waals surface area contributed by atoms with E-state index in [1.54, 1.807) is 0 Å². The van der Waals surface area contributed by atoms with Gasteiger partial charge in [-0.05, 0) is 58.2 Å². The summed E-state index contributed by atoms with van der Waals surface area (Å²) in [6.45, 7) is 3.57. The molecule has 0 fully saturated rings. The lowest BCUT2D eigenvalue weighted by Gasteiger charge is -2.16. The summed E-state index contributed by atoms with van der Waals surface area (Å²) in [5.41, 5.74) is 0.589. The van der Waals surface area contributed by atoms with Crippen LogP contribution in [0.3, 0.4) is 0 Å². The van der Waals surface area contributed by atoms with Gasteiger partial charge in [0.2, 0.25) is 5.91 Å². The molecule has 23 heavy (non-hydrogen) atoms. The quantitative estimate of drug-likeness (QED) is 0.709. The van der Waals surface area contributed by atoms with Crippen LogP contribution < -0.4 is 5.32 Å². The fourth-order valence-electron chi connectivity index (χ4n) is 2.09. The Balaban J connectivity index is 2.25. The van der Waals surface area contributed by atoms with Crippen LogP contribution in [0.4, 0.5) is 18.9 Å². The van der Waals surface area contributed by atoms with Crippen LogP contribution >= 0.6 is 15.9 Å². The zero-order valence-electron chi connectivity index (χ0n) is 12.0. The monoisotopic (exact) mass is 383 g/mol. The van der Waals surface area contributed by atoms with E-state index in [1.807, 2.05) is 0 Å². The minimum Gasteiger partial charge on any atom is -0.325 e. The van der Waals surface area contributed by atoms with Gasteiger partial charge < -0.3 is 5.32 Å². The third-order valence-corrected chi connectivity index (χ3v) is 3.90. The summed E-state index contributed by atoms with van der Waals surface area (Å²) in [6.07, 6.45) is 1.74. The van der Waals surface area contributed by atoms with Crippen LogP contribution in [0, 0.1) is 17.5 Å². The van der Waals surface area contributed by atoms with E-state index >= 15 is 0 Å². The van der Waals surface area contributed by atoms with E-state index in [0.717, 1.165) is 18.2 Å². The maximum absolute atomic E-state index is 13.5. The normalized spacial score (nSPS) is 11.8. The first-order chi connectivity index (χ1) is 10.9. The molecule has 0 aromatic heterocycles. The second-order valence-corrected chi connectivity index (χ2v) is 5.72. The SMILES string of the molecule is C=CCC(C(=O)Nc1ccc(Br)c(F)c1)c1ccc(F)c(F)c1. The van der Waals surface area contributed by atoms with Gasteiger partial charge in [-0.1, -0.05) is 12.1 Å². The van der Waals surface area contributed by atoms with Crippen LogP contribution in [0.2, 0.25) is 0 Å². The van der Waals surface area contributed by atoms with Gasteiger partial charge in [0, 0.05) is 5.69 Å². The number of allylic oxidation sites excluding steroid dienone is 1. The molecule has 1 N–H and O–H groups in total. The number of anilines is 1. The van der Waals surface area contributed by atoms with Crippen molar-refractivity contribution in [1.29, 1.82) is 0 Å². The smallest absolute Gasteiger partial charge is 0.232 e. The van der Waals surface area contributed by atoms with Crippen molar-refractivity contribution in [1.82, 2.24) is 0 Å². The molecule has 120 valence electrons. The van der Waals surface area contributed by atoms with Gasteiger partial charge in [0.05, 0.1) is 10.4 Å². The largest absolute Gasteiger partial charge is 0.325 e. The molecule has 0 aliphatic carbocycles. The number of rotatable bonds is 5. The highest BCUT2D eigenvalue weighted by molar-refractivity contribution is 9.10. The Hall–Kier alpha value is -2.08. The molecule has 0 spiro atoms. The first-order valence-corrected chi connectivity index (χ1v) is 7.53. The molecule has 0 saturated carbocycles. The summed E-state index contributed by atoms with van der Waals surface area (Å²) < 4.78 is 40.2. The van der Waals surface area contributed by atoms with E-state index in [0.29, 0.717) is 5.56 Å². The Kier molecular flexibility index (Phi) is 5.60. The summed E-state index contributed by atoms with van der Waals surface area (Å²) in [4.78, 5) is 12.4. The minimum atomic E-state index is -1.03. The maximum atomic E-state index is 13.5. The molecule has 6 heteroatoms. The van der Waals surface area contributed by atoms with Crippen LogP contribution in [0.25, 0.3) is 0 Å². The van der Waals surface area contributed by atoms with Crippen molar-refractivity contribution in [3.63, 3.8) is 0 Å². The Morgan fingerprint density at radius 1 is 1.13 bits per heavy atom. The predicted octanol–water partition coefficient (Wildman–Crippen LogP) is 5.16. The molecule has 0 heterocycles. The lowest BCUT2D eigenvalue weighted by Crippen LogP contribution is -2.21. The average Bonchev–Trinajstić information content (AvgIpc) is 2.51. The number of benzene rings is 2. The van der Waals surface area contributed by atoms with Crippen molar-refractivity contribution in [2.45, 2.75) is 12.3 Å². The van der Waals surface area contributed by atoms with Gasteiger partial charge in [-0.2, -0.15) is 0 Å². The lowest BCUT2D eigenvalue weighted by atomic mass is 9.94. The molecule has 0 aliphatic rings. The number of carbonyl (C=O) groups is 1. The number of halogens is 4. The zero-order valence-corrected chi connectivity index (χ0v) is 13.5. The van der Waals surface area contributed by atoms with Gasteiger partial charge in [-0.15, -0.1) is 6.58 Å². The summed E-state index contributed by atoms with van der Waals surface area (Å²) >= 11 is 3.02. The van der Waals surface area contributed by atoms with Gasteiger partial charge >= 0.3 is 0 Å². The van der Waals surface area contributed by atoms with E-state index in [1.165, 1.54) is 24.3 Å². The van der Waals surface area contributed by atoms with E-state index in [9.17, 15) is 18.0 Å². The van der Waals surface area contributed by atoms with Crippen LogP contribution in [0.15, 0.2) is 53.5 Å². The minimum absolute atomic E-state index is 0.232. The Morgan fingerprint density at radius 3 is 2.48 bits per heavy atom. The highest BCUT2D eigenvalue weighted by Gasteiger charge is 2.21. The molecule has 2 rings (SSSR count). The van der Waals surface area contributed by atoms with E-state index < -0.39 is 29.3 Å². The fraction of sp³-hybridized carbons (Fsp3) is 0.118. The average molecular weight is 384 g/mol. The highest BCUT2D eigenvalue weighted by atomic mass is 79.9. The molecule has 0 aliphatic heterocycles. The molecule has 2 aromatic rings. The number of amides is 1. The summed E-state index contributed by atoms with van der Waals surface area (Å²) in [7, 11) is 0. The van der Waals surface area contributed by atoms with Gasteiger partial charge in [0.1, 0.15) is 5.82 Å². The van der Waals surface area contributed by atoms with E-state index in [2.05, 4.69) is 27.8 Å². The fourth-order valence-corrected chi connectivity index (χ4v) is 2.34. The van der Waals surface area contributed by atoms with Crippen molar-refractivity contribution in [3.8, 4) is 0 Å². The number of hydrogen-bond donors (Lipinski definition) is 1. The standard InChI is InChI=1S/C17H13BrF3NO/c1-2-3-12(10-4-7-14(19)16(21)8-10)17(23)22-11-5-6-13(18)15(20)9-11/h2,4-9,12H,1,3H2,(H,22,23). The number of hydrogen-bond acceptors (Lipinski definition) is 1. The van der Waals surface area contributed by atoms with Crippen molar-refractivity contribution >= 4 is 27.5 Å². The zero-order chi connectivity index (χ0) is 17.0. The molecule has 0 saturated heterocycles. The first-order valence-electron chi connectivity index (χ1n) is 6.74. The van der Waals surface area contributed by atoms with Crippen LogP contribution in [0.1, 0.15) is 17.9 Å². The topological polar surface area (TPSA) is 29.1 Å². The molecular weight excluding hydrogens is 371 g/mol. The predicted molar refractivity (Wildman–Crippen MR) is 86.6 cm³/mol. The Bertz CT molecular complexity index is 749. The third-order valence-electron chi connectivity index (χ3n) is 3.25. The summed E-state index contributed by atoms with van der Waals surface area (Å²) in [5, 5.41) is 2.56. The maximum Gasteiger partial charge on any atom is 0.232 e. The molecule has 2 aromatic carbocycles. The molecule has 2 nitrogen and oxygen atoms in total. The van der Waals surface area contributed by atoms with Crippen molar-refractivity contribution in [2.75, 3.05) is 5.32 Å². The van der Waals surface area contributed by atoms with Gasteiger partial charge in [0.15, 0.2) is 11.6 Å². The Morgan fingerprint density at radius 2 is 1.87 bits per heavy atom. The van der Waals surface area contributed by atoms with Crippen LogP contribution in [-0.4, -0.2) is 5.91 Å². The molecule has 0 radical (unpaired) electrons. The van der Waals surface area contributed by atoms with E-state index in [-0.39, 0.29) is 16.6 Å². The van der Waals surface area contributed by atoms with Crippen LogP contribution in [-0.2, 0) is 4.79 Å². The summed E-state index contributed by atoms with van der Waals surface area (Å²) in [6, 6.07) is 7.44. The van der Waals surface area contributed by atoms with Crippen molar-refractivity contribution < 1.29 is 18.0 Å². The van der Waals surface area contributed by atoms with Crippen LogP contribution in [0.5, 0.6) is 0 Å². The van der Waals surface area contributed by atoms with E-state index in [4.69, 9.17) is 0 Å². The molecule has 0 bridgehead atoms. The number of nitrogens with one attached hydrogen (secondary N) is 1. The summed E-state index contributed by atoms with van der Waals surface area (Å²) in [5.74, 6) is -3.75. The van der Waals surface area contributed by atoms with Gasteiger partial charge in [0.25, 0.3) is 0 Å². The third kappa shape index (κ3) is 4.22. The number of carbonyl (C=O) groups excluding carboxylic acids is 1.